The lowest BCUT2D eigenvalue weighted by molar-refractivity contribution is 0.669. The summed E-state index contributed by atoms with van der Waals surface area (Å²) in [6.07, 6.45) is 0. The van der Waals surface area contributed by atoms with Gasteiger partial charge in [0, 0.05) is 10.8 Å². The van der Waals surface area contributed by atoms with Crippen molar-refractivity contribution in [2.45, 2.75) is 0 Å². The van der Waals surface area contributed by atoms with Crippen LogP contribution in [0.5, 0.6) is 0 Å². The molecule has 0 saturated carbocycles. The standard InChI is InChI=1S/C18H11BO/c19-13-9-10-15-17(11-13)20-16-8-4-7-14(18(15)16)12-5-2-1-3-6-12/h1-11H. The van der Waals surface area contributed by atoms with Gasteiger partial charge in [-0.25, -0.2) is 0 Å². The SMILES string of the molecule is [B]c1ccc2c(c1)oc1cccc(-c3ccccc3)c12. The number of furan rings is 1. The highest BCUT2D eigenvalue weighted by Crippen LogP contribution is 2.35. The summed E-state index contributed by atoms with van der Waals surface area (Å²) in [5, 5.41) is 2.25. The molecule has 1 heterocycles. The molecule has 0 unspecified atom stereocenters. The second kappa shape index (κ2) is 4.27. The lowest BCUT2D eigenvalue weighted by Crippen LogP contribution is -1.98. The Bertz CT molecular complexity index is 907. The molecule has 3 aromatic carbocycles. The molecule has 0 aliphatic rings. The van der Waals surface area contributed by atoms with E-state index >= 15 is 0 Å². The second-order valence-electron chi connectivity index (χ2n) is 4.90. The second-order valence-corrected chi connectivity index (χ2v) is 4.90. The normalized spacial score (nSPS) is 11.2. The molecule has 2 radical (unpaired) electrons. The first-order chi connectivity index (χ1) is 9.83. The van der Waals surface area contributed by atoms with E-state index in [1.807, 2.05) is 36.4 Å². The third-order valence-electron chi connectivity index (χ3n) is 3.61. The highest BCUT2D eigenvalue weighted by molar-refractivity contribution is 6.33. The van der Waals surface area contributed by atoms with Crippen LogP contribution >= 0.6 is 0 Å². The van der Waals surface area contributed by atoms with E-state index in [1.165, 1.54) is 11.1 Å². The molecule has 4 aromatic rings. The first-order valence-corrected chi connectivity index (χ1v) is 6.59. The van der Waals surface area contributed by atoms with Crippen LogP contribution in [0, 0.1) is 0 Å². The van der Waals surface area contributed by atoms with Gasteiger partial charge in [-0.3, -0.25) is 0 Å². The monoisotopic (exact) mass is 254 g/mol. The van der Waals surface area contributed by atoms with Gasteiger partial charge in [-0.05, 0) is 23.3 Å². The van der Waals surface area contributed by atoms with Crippen molar-refractivity contribution in [2.75, 3.05) is 0 Å². The van der Waals surface area contributed by atoms with Crippen molar-refractivity contribution in [1.29, 1.82) is 0 Å². The van der Waals surface area contributed by atoms with Gasteiger partial charge in [0.25, 0.3) is 0 Å². The number of benzene rings is 3. The summed E-state index contributed by atoms with van der Waals surface area (Å²) in [5.74, 6) is 0. The van der Waals surface area contributed by atoms with E-state index in [1.54, 1.807) is 0 Å². The lowest BCUT2D eigenvalue weighted by atomic mass is 9.94. The van der Waals surface area contributed by atoms with Crippen molar-refractivity contribution in [1.82, 2.24) is 0 Å². The van der Waals surface area contributed by atoms with Crippen LogP contribution in [0.1, 0.15) is 0 Å². The predicted molar refractivity (Wildman–Crippen MR) is 84.5 cm³/mol. The average Bonchev–Trinajstić information content (AvgIpc) is 2.85. The molecule has 0 fully saturated rings. The zero-order valence-electron chi connectivity index (χ0n) is 10.8. The number of fused-ring (bicyclic) bond motifs is 3. The smallest absolute Gasteiger partial charge is 0.136 e. The van der Waals surface area contributed by atoms with Gasteiger partial charge in [0.2, 0.25) is 0 Å². The van der Waals surface area contributed by atoms with Crippen LogP contribution in [-0.4, -0.2) is 7.85 Å². The molecule has 1 nitrogen and oxygen atoms in total. The average molecular weight is 254 g/mol. The number of rotatable bonds is 1. The zero-order chi connectivity index (χ0) is 13.5. The molecule has 0 saturated heterocycles. The zero-order valence-corrected chi connectivity index (χ0v) is 10.8. The largest absolute Gasteiger partial charge is 0.456 e. The predicted octanol–water partition coefficient (Wildman–Crippen LogP) is 4.05. The minimum absolute atomic E-state index is 0.720. The molecular formula is C18H11BO. The Hall–Kier alpha value is -2.48. The Labute approximate surface area is 118 Å². The maximum absolute atomic E-state index is 5.92. The van der Waals surface area contributed by atoms with E-state index in [4.69, 9.17) is 12.3 Å². The summed E-state index contributed by atoms with van der Waals surface area (Å²) in [6.45, 7) is 0. The van der Waals surface area contributed by atoms with Gasteiger partial charge in [0.15, 0.2) is 0 Å². The maximum Gasteiger partial charge on any atom is 0.136 e. The topological polar surface area (TPSA) is 13.1 Å². The molecule has 20 heavy (non-hydrogen) atoms. The summed E-state index contributed by atoms with van der Waals surface area (Å²) in [5.41, 5.74) is 4.83. The van der Waals surface area contributed by atoms with E-state index in [0.717, 1.165) is 27.4 Å². The minimum atomic E-state index is 0.720. The van der Waals surface area contributed by atoms with Crippen molar-refractivity contribution in [2.24, 2.45) is 0 Å². The molecular weight excluding hydrogens is 243 g/mol. The van der Waals surface area contributed by atoms with Gasteiger partial charge in [0.05, 0.1) is 0 Å². The van der Waals surface area contributed by atoms with Crippen molar-refractivity contribution in [3.05, 3.63) is 66.7 Å². The fourth-order valence-corrected chi connectivity index (χ4v) is 2.70. The van der Waals surface area contributed by atoms with Crippen molar-refractivity contribution < 1.29 is 4.42 Å². The summed E-state index contributed by atoms with van der Waals surface area (Å²) in [7, 11) is 5.83. The van der Waals surface area contributed by atoms with Crippen LogP contribution in [0.4, 0.5) is 0 Å². The van der Waals surface area contributed by atoms with Crippen LogP contribution in [-0.2, 0) is 0 Å². The van der Waals surface area contributed by atoms with Crippen LogP contribution in [0.25, 0.3) is 33.1 Å². The molecule has 0 spiro atoms. The molecule has 0 bridgehead atoms. The lowest BCUT2D eigenvalue weighted by Gasteiger charge is -2.03. The van der Waals surface area contributed by atoms with E-state index in [-0.39, 0.29) is 0 Å². The van der Waals surface area contributed by atoms with Gasteiger partial charge < -0.3 is 4.42 Å². The van der Waals surface area contributed by atoms with Crippen molar-refractivity contribution >= 4 is 35.2 Å². The minimum Gasteiger partial charge on any atom is -0.456 e. The Kier molecular flexibility index (Phi) is 2.43. The first-order valence-electron chi connectivity index (χ1n) is 6.59. The van der Waals surface area contributed by atoms with Crippen molar-refractivity contribution in [3.63, 3.8) is 0 Å². The Balaban J connectivity index is 2.14. The van der Waals surface area contributed by atoms with E-state index < -0.39 is 0 Å². The summed E-state index contributed by atoms with van der Waals surface area (Å²) >= 11 is 0. The molecule has 1 aromatic heterocycles. The van der Waals surface area contributed by atoms with Gasteiger partial charge in [0.1, 0.15) is 19.0 Å². The quantitative estimate of drug-likeness (QED) is 0.467. The summed E-state index contributed by atoms with van der Waals surface area (Å²) < 4.78 is 5.92. The Morgan fingerprint density at radius 1 is 0.750 bits per heavy atom. The van der Waals surface area contributed by atoms with E-state index in [9.17, 15) is 0 Å². The first kappa shape index (κ1) is 11.4. The third-order valence-corrected chi connectivity index (χ3v) is 3.61. The maximum atomic E-state index is 5.92. The molecule has 4 rings (SSSR count). The van der Waals surface area contributed by atoms with Gasteiger partial charge in [-0.15, -0.1) is 0 Å². The molecule has 0 N–H and O–H groups in total. The van der Waals surface area contributed by atoms with Crippen LogP contribution in [0.3, 0.4) is 0 Å². The van der Waals surface area contributed by atoms with Crippen molar-refractivity contribution in [3.8, 4) is 11.1 Å². The summed E-state index contributed by atoms with van der Waals surface area (Å²) in [6, 6.07) is 22.3. The fourth-order valence-electron chi connectivity index (χ4n) is 2.70. The van der Waals surface area contributed by atoms with Crippen LogP contribution in [0.2, 0.25) is 0 Å². The number of hydrogen-bond donors (Lipinski definition) is 0. The van der Waals surface area contributed by atoms with E-state index in [2.05, 4.69) is 30.3 Å². The fraction of sp³-hybridized carbons (Fsp3) is 0. The Morgan fingerprint density at radius 3 is 2.45 bits per heavy atom. The third kappa shape index (κ3) is 1.65. The molecule has 2 heteroatoms. The number of hydrogen-bond acceptors (Lipinski definition) is 1. The van der Waals surface area contributed by atoms with E-state index in [0.29, 0.717) is 0 Å². The van der Waals surface area contributed by atoms with Gasteiger partial charge in [-0.2, -0.15) is 0 Å². The molecule has 0 aliphatic heterocycles. The van der Waals surface area contributed by atoms with Gasteiger partial charge in [-0.1, -0.05) is 60.1 Å². The molecule has 92 valence electrons. The highest BCUT2D eigenvalue weighted by atomic mass is 16.3. The molecule has 0 amide bonds. The summed E-state index contributed by atoms with van der Waals surface area (Å²) in [4.78, 5) is 0. The highest BCUT2D eigenvalue weighted by Gasteiger charge is 2.11. The molecule has 0 aliphatic carbocycles. The molecule has 0 atom stereocenters. The van der Waals surface area contributed by atoms with Crippen LogP contribution in [0.15, 0.2) is 71.1 Å². The van der Waals surface area contributed by atoms with Crippen LogP contribution < -0.4 is 5.46 Å². The van der Waals surface area contributed by atoms with Gasteiger partial charge >= 0.3 is 0 Å². The Morgan fingerprint density at radius 2 is 1.60 bits per heavy atom.